The maximum atomic E-state index is 11.7. The summed E-state index contributed by atoms with van der Waals surface area (Å²) in [5.41, 5.74) is 5.93. The van der Waals surface area contributed by atoms with E-state index >= 15 is 0 Å². The van der Waals surface area contributed by atoms with Crippen molar-refractivity contribution in [1.82, 2.24) is 16.2 Å². The van der Waals surface area contributed by atoms with Gasteiger partial charge in [0, 0.05) is 13.0 Å². The van der Waals surface area contributed by atoms with Crippen LogP contribution in [0.2, 0.25) is 0 Å². The van der Waals surface area contributed by atoms with Crippen LogP contribution in [0.25, 0.3) is 0 Å². The fourth-order valence-electron chi connectivity index (χ4n) is 2.54. The van der Waals surface area contributed by atoms with Crippen LogP contribution in [-0.2, 0) is 14.4 Å². The number of amides is 3. The van der Waals surface area contributed by atoms with E-state index in [9.17, 15) is 14.4 Å². The Bertz CT molecular complexity index is 415. The Morgan fingerprint density at radius 2 is 2.00 bits per heavy atom. The quantitative estimate of drug-likeness (QED) is 0.490. The molecule has 0 bridgehead atoms. The zero-order valence-corrected chi connectivity index (χ0v) is 11.5. The van der Waals surface area contributed by atoms with Gasteiger partial charge in [0.15, 0.2) is 0 Å². The van der Waals surface area contributed by atoms with Crippen LogP contribution >= 0.6 is 0 Å². The molecule has 0 aromatic carbocycles. The number of allylic oxidation sites excluding steroid dienone is 1. The molecule has 6 nitrogen and oxygen atoms in total. The van der Waals surface area contributed by atoms with E-state index in [-0.39, 0.29) is 30.6 Å². The first-order valence-corrected chi connectivity index (χ1v) is 7.21. The fourth-order valence-corrected chi connectivity index (χ4v) is 2.54. The lowest BCUT2D eigenvalue weighted by molar-refractivity contribution is -0.128. The van der Waals surface area contributed by atoms with Gasteiger partial charge in [-0.3, -0.25) is 25.2 Å². The van der Waals surface area contributed by atoms with Crippen molar-refractivity contribution in [3.63, 3.8) is 0 Å². The number of rotatable bonds is 6. The maximum absolute atomic E-state index is 11.7. The van der Waals surface area contributed by atoms with Crippen LogP contribution in [0.15, 0.2) is 11.6 Å². The van der Waals surface area contributed by atoms with E-state index in [2.05, 4.69) is 22.2 Å². The Labute approximate surface area is 118 Å². The predicted molar refractivity (Wildman–Crippen MR) is 73.2 cm³/mol. The summed E-state index contributed by atoms with van der Waals surface area (Å²) in [6.07, 6.45) is 8.41. The number of carbonyl (C=O) groups is 3. The molecule has 1 aliphatic carbocycles. The van der Waals surface area contributed by atoms with E-state index in [1.165, 1.54) is 18.4 Å². The van der Waals surface area contributed by atoms with Crippen LogP contribution < -0.4 is 16.2 Å². The van der Waals surface area contributed by atoms with Crippen molar-refractivity contribution in [3.05, 3.63) is 11.6 Å². The van der Waals surface area contributed by atoms with Gasteiger partial charge >= 0.3 is 0 Å². The molecule has 2 rings (SSSR count). The topological polar surface area (TPSA) is 87.3 Å². The smallest absolute Gasteiger partial charge is 0.251 e. The van der Waals surface area contributed by atoms with Gasteiger partial charge in [0.2, 0.25) is 5.91 Å². The highest BCUT2D eigenvalue weighted by Gasteiger charge is 2.32. The molecular formula is C14H21N3O3. The molecule has 0 spiro atoms. The Morgan fingerprint density at radius 1 is 1.25 bits per heavy atom. The lowest BCUT2D eigenvalue weighted by Crippen LogP contribution is -2.28. The molecule has 0 aromatic heterocycles. The Kier molecular flexibility index (Phi) is 5.15. The van der Waals surface area contributed by atoms with E-state index in [0.29, 0.717) is 6.54 Å². The number of carbonyl (C=O) groups excluding carboxylic acids is 3. The molecular weight excluding hydrogens is 258 g/mol. The molecule has 3 N–H and O–H groups in total. The van der Waals surface area contributed by atoms with Gasteiger partial charge in [0.05, 0.1) is 0 Å². The fraction of sp³-hybridized carbons (Fsp3) is 0.643. The molecule has 1 fully saturated rings. The Morgan fingerprint density at radius 3 is 2.65 bits per heavy atom. The predicted octanol–water partition coefficient (Wildman–Crippen LogP) is 0.550. The van der Waals surface area contributed by atoms with Crippen molar-refractivity contribution in [3.8, 4) is 0 Å². The molecule has 1 heterocycles. The van der Waals surface area contributed by atoms with Gasteiger partial charge in [-0.2, -0.15) is 0 Å². The summed E-state index contributed by atoms with van der Waals surface area (Å²) in [6.45, 7) is 0.633. The first kappa shape index (κ1) is 14.6. The first-order chi connectivity index (χ1) is 9.66. The van der Waals surface area contributed by atoms with Crippen LogP contribution in [-0.4, -0.2) is 24.3 Å². The Balaban J connectivity index is 1.62. The zero-order chi connectivity index (χ0) is 14.4. The third-order valence-electron chi connectivity index (χ3n) is 3.76. The third-order valence-corrected chi connectivity index (χ3v) is 3.76. The highest BCUT2D eigenvalue weighted by molar-refractivity contribution is 6.05. The molecule has 0 atom stereocenters. The van der Waals surface area contributed by atoms with Gasteiger partial charge in [-0.05, 0) is 38.5 Å². The highest BCUT2D eigenvalue weighted by Crippen LogP contribution is 2.19. The SMILES string of the molecule is O=C(CCC1C(=O)NNC1=O)NCCC1=CCCCC1. The average Bonchev–Trinajstić information content (AvgIpc) is 2.77. The number of hydrazine groups is 1. The van der Waals surface area contributed by atoms with E-state index in [1.54, 1.807) is 0 Å². The van der Waals surface area contributed by atoms with Crippen LogP contribution in [0.1, 0.15) is 44.9 Å². The minimum atomic E-state index is -0.734. The molecule has 3 amide bonds. The second kappa shape index (κ2) is 7.07. The highest BCUT2D eigenvalue weighted by atomic mass is 16.2. The molecule has 1 saturated heterocycles. The summed E-state index contributed by atoms with van der Waals surface area (Å²) >= 11 is 0. The normalized spacial score (nSPS) is 19.3. The average molecular weight is 279 g/mol. The third kappa shape index (κ3) is 4.08. The summed E-state index contributed by atoms with van der Waals surface area (Å²) in [5, 5.41) is 2.84. The number of hydrogen-bond donors (Lipinski definition) is 3. The lowest BCUT2D eigenvalue weighted by Gasteiger charge is -2.13. The molecule has 0 unspecified atom stereocenters. The standard InChI is InChI=1S/C14H21N3O3/c18-12(7-6-11-13(19)16-17-14(11)20)15-9-8-10-4-2-1-3-5-10/h4,11H,1-3,5-9H2,(H,15,18)(H,16,19)(H,17,20). The van der Waals surface area contributed by atoms with Gasteiger partial charge in [-0.1, -0.05) is 11.6 Å². The van der Waals surface area contributed by atoms with Crippen molar-refractivity contribution in [2.75, 3.05) is 6.54 Å². The molecule has 0 saturated carbocycles. The van der Waals surface area contributed by atoms with Gasteiger partial charge < -0.3 is 5.32 Å². The molecule has 0 aromatic rings. The summed E-state index contributed by atoms with van der Waals surface area (Å²) < 4.78 is 0. The van der Waals surface area contributed by atoms with Gasteiger partial charge in [0.1, 0.15) is 5.92 Å². The second-order valence-corrected chi connectivity index (χ2v) is 5.28. The van der Waals surface area contributed by atoms with Crippen LogP contribution in [0.4, 0.5) is 0 Å². The minimum Gasteiger partial charge on any atom is -0.356 e. The Hall–Kier alpha value is -1.85. The lowest BCUT2D eigenvalue weighted by atomic mass is 9.97. The molecule has 2 aliphatic rings. The number of nitrogens with one attached hydrogen (secondary N) is 3. The zero-order valence-electron chi connectivity index (χ0n) is 11.5. The summed E-state index contributed by atoms with van der Waals surface area (Å²) in [5.74, 6) is -1.54. The van der Waals surface area contributed by atoms with Gasteiger partial charge in [-0.15, -0.1) is 0 Å². The van der Waals surface area contributed by atoms with Crippen molar-refractivity contribution in [1.29, 1.82) is 0 Å². The van der Waals surface area contributed by atoms with Crippen LogP contribution in [0.3, 0.4) is 0 Å². The van der Waals surface area contributed by atoms with Crippen LogP contribution in [0.5, 0.6) is 0 Å². The van der Waals surface area contributed by atoms with Crippen molar-refractivity contribution < 1.29 is 14.4 Å². The molecule has 110 valence electrons. The summed E-state index contributed by atoms with van der Waals surface area (Å²) in [4.78, 5) is 34.2. The van der Waals surface area contributed by atoms with Crippen molar-refractivity contribution >= 4 is 17.7 Å². The van der Waals surface area contributed by atoms with Gasteiger partial charge in [0.25, 0.3) is 11.8 Å². The molecule has 6 heteroatoms. The molecule has 0 radical (unpaired) electrons. The largest absolute Gasteiger partial charge is 0.356 e. The second-order valence-electron chi connectivity index (χ2n) is 5.28. The number of hydrogen-bond acceptors (Lipinski definition) is 3. The van der Waals surface area contributed by atoms with Crippen molar-refractivity contribution in [2.45, 2.75) is 44.9 Å². The summed E-state index contributed by atoms with van der Waals surface area (Å²) in [7, 11) is 0. The minimum absolute atomic E-state index is 0.103. The van der Waals surface area contributed by atoms with Crippen LogP contribution in [0, 0.1) is 5.92 Å². The van der Waals surface area contributed by atoms with E-state index in [4.69, 9.17) is 0 Å². The maximum Gasteiger partial charge on any atom is 0.251 e. The van der Waals surface area contributed by atoms with Gasteiger partial charge in [-0.25, -0.2) is 0 Å². The molecule has 20 heavy (non-hydrogen) atoms. The summed E-state index contributed by atoms with van der Waals surface area (Å²) in [6, 6.07) is 0. The van der Waals surface area contributed by atoms with Crippen molar-refractivity contribution in [2.24, 2.45) is 5.92 Å². The molecule has 1 aliphatic heterocycles. The van der Waals surface area contributed by atoms with E-state index in [1.807, 2.05) is 0 Å². The first-order valence-electron chi connectivity index (χ1n) is 7.21. The van der Waals surface area contributed by atoms with E-state index < -0.39 is 5.92 Å². The monoisotopic (exact) mass is 279 g/mol. The van der Waals surface area contributed by atoms with E-state index in [0.717, 1.165) is 19.3 Å².